The maximum absolute atomic E-state index is 12.7. The number of alkyl halides is 3. The number of H-pyrrole nitrogens is 1. The molecule has 4 rings (SSSR count). The predicted octanol–water partition coefficient (Wildman–Crippen LogP) is 5.57. The SMILES string of the molecule is Cc1ccc(OCC2CCC(c3ccc(-c4ncc(C(F)(F)F)[nH]4)cn3)CC2)cc1.O=C=O. The van der Waals surface area contributed by atoms with Gasteiger partial charge in [-0.05, 0) is 62.8 Å². The first-order chi connectivity index (χ1) is 15.8. The molecule has 2 heterocycles. The third-order valence-electron chi connectivity index (χ3n) is 5.71. The number of aromatic amines is 1. The number of hydrogen-bond acceptors (Lipinski definition) is 5. The van der Waals surface area contributed by atoms with Crippen molar-refractivity contribution in [1.82, 2.24) is 15.0 Å². The first-order valence-corrected chi connectivity index (χ1v) is 10.6. The fourth-order valence-electron chi connectivity index (χ4n) is 3.87. The first kappa shape index (κ1) is 24.2. The van der Waals surface area contributed by atoms with Crippen LogP contribution >= 0.6 is 0 Å². The molecular weight excluding hydrogens is 435 g/mol. The Labute approximate surface area is 189 Å². The normalized spacial score (nSPS) is 18.1. The van der Waals surface area contributed by atoms with Crippen LogP contribution in [0.1, 0.15) is 48.6 Å². The first-order valence-electron chi connectivity index (χ1n) is 10.6. The van der Waals surface area contributed by atoms with Crippen molar-refractivity contribution in [3.05, 3.63) is 65.7 Å². The molecule has 9 heteroatoms. The van der Waals surface area contributed by atoms with Crippen molar-refractivity contribution in [2.75, 3.05) is 6.61 Å². The molecular formula is C24H24F3N3O3. The van der Waals surface area contributed by atoms with Gasteiger partial charge in [0, 0.05) is 23.4 Å². The number of nitrogens with zero attached hydrogens (tertiary/aromatic N) is 2. The maximum atomic E-state index is 12.7. The topological polar surface area (TPSA) is 84.9 Å². The summed E-state index contributed by atoms with van der Waals surface area (Å²) in [6, 6.07) is 11.8. The number of hydrogen-bond donors (Lipinski definition) is 1. The highest BCUT2D eigenvalue weighted by Gasteiger charge is 2.33. The van der Waals surface area contributed by atoms with Gasteiger partial charge >= 0.3 is 12.3 Å². The Balaban J connectivity index is 0.000000968. The van der Waals surface area contributed by atoms with Crippen molar-refractivity contribution in [3.63, 3.8) is 0 Å². The number of rotatable bonds is 5. The summed E-state index contributed by atoms with van der Waals surface area (Å²) < 4.78 is 44.1. The lowest BCUT2D eigenvalue weighted by molar-refractivity contribution is -0.191. The third kappa shape index (κ3) is 6.76. The van der Waals surface area contributed by atoms with Crippen molar-refractivity contribution in [1.29, 1.82) is 0 Å². The summed E-state index contributed by atoms with van der Waals surface area (Å²) in [5.74, 6) is 1.99. The van der Waals surface area contributed by atoms with Gasteiger partial charge in [0.15, 0.2) is 0 Å². The third-order valence-corrected chi connectivity index (χ3v) is 5.71. The van der Waals surface area contributed by atoms with Crippen LogP contribution in [0.5, 0.6) is 5.75 Å². The van der Waals surface area contributed by atoms with E-state index in [9.17, 15) is 13.2 Å². The highest BCUT2D eigenvalue weighted by Crippen LogP contribution is 2.36. The Morgan fingerprint density at radius 1 is 1.00 bits per heavy atom. The van der Waals surface area contributed by atoms with E-state index in [0.717, 1.165) is 49.9 Å². The smallest absolute Gasteiger partial charge is 0.432 e. The molecule has 1 fully saturated rings. The van der Waals surface area contributed by atoms with E-state index in [1.165, 1.54) is 5.56 Å². The summed E-state index contributed by atoms with van der Waals surface area (Å²) >= 11 is 0. The average molecular weight is 459 g/mol. The van der Waals surface area contributed by atoms with E-state index in [0.29, 0.717) is 17.4 Å². The Morgan fingerprint density at radius 2 is 1.67 bits per heavy atom. The van der Waals surface area contributed by atoms with Crippen LogP contribution in [0.25, 0.3) is 11.4 Å². The number of ether oxygens (including phenoxy) is 1. The number of halogens is 3. The predicted molar refractivity (Wildman–Crippen MR) is 113 cm³/mol. The van der Waals surface area contributed by atoms with Gasteiger partial charge in [0.1, 0.15) is 17.3 Å². The number of imidazole rings is 1. The van der Waals surface area contributed by atoms with E-state index in [-0.39, 0.29) is 12.0 Å². The highest BCUT2D eigenvalue weighted by molar-refractivity contribution is 5.54. The molecule has 0 atom stereocenters. The van der Waals surface area contributed by atoms with Gasteiger partial charge in [-0.15, -0.1) is 0 Å². The number of nitrogens with one attached hydrogen (secondary N) is 1. The van der Waals surface area contributed by atoms with Crippen molar-refractivity contribution >= 4 is 6.15 Å². The molecule has 0 bridgehead atoms. The molecule has 1 aromatic carbocycles. The Bertz CT molecular complexity index is 1050. The Morgan fingerprint density at radius 3 is 2.21 bits per heavy atom. The van der Waals surface area contributed by atoms with Gasteiger partial charge in [-0.25, -0.2) is 4.98 Å². The molecule has 1 saturated carbocycles. The number of carbonyl (C=O) groups excluding carboxylic acids is 2. The lowest BCUT2D eigenvalue weighted by Gasteiger charge is -2.28. The van der Waals surface area contributed by atoms with E-state index < -0.39 is 11.9 Å². The zero-order chi connectivity index (χ0) is 23.8. The molecule has 174 valence electrons. The molecule has 0 unspecified atom stereocenters. The molecule has 1 N–H and O–H groups in total. The van der Waals surface area contributed by atoms with Crippen LogP contribution in [0.2, 0.25) is 0 Å². The molecule has 1 aliphatic rings. The second-order valence-electron chi connectivity index (χ2n) is 8.04. The quantitative estimate of drug-likeness (QED) is 0.539. The largest absolute Gasteiger partial charge is 0.493 e. The van der Waals surface area contributed by atoms with Gasteiger partial charge in [-0.3, -0.25) is 4.98 Å². The van der Waals surface area contributed by atoms with Crippen LogP contribution in [0, 0.1) is 12.8 Å². The molecule has 2 aromatic heterocycles. The zero-order valence-corrected chi connectivity index (χ0v) is 18.1. The van der Waals surface area contributed by atoms with Crippen molar-refractivity contribution in [2.45, 2.75) is 44.7 Å². The van der Waals surface area contributed by atoms with Gasteiger partial charge in [-0.1, -0.05) is 17.7 Å². The minimum atomic E-state index is -4.43. The Kier molecular flexibility index (Phi) is 8.01. The van der Waals surface area contributed by atoms with Crippen LogP contribution in [0.15, 0.2) is 48.8 Å². The molecule has 1 aliphatic carbocycles. The summed E-state index contributed by atoms with van der Waals surface area (Å²) in [6.07, 6.45) is 2.45. The molecule has 0 spiro atoms. The van der Waals surface area contributed by atoms with Gasteiger partial charge in [0.25, 0.3) is 0 Å². The van der Waals surface area contributed by atoms with Crippen LogP contribution < -0.4 is 4.74 Å². The van der Waals surface area contributed by atoms with Crippen LogP contribution in [0.4, 0.5) is 13.2 Å². The average Bonchev–Trinajstić information content (AvgIpc) is 3.31. The van der Waals surface area contributed by atoms with Gasteiger partial charge in [0.05, 0.1) is 12.8 Å². The summed E-state index contributed by atoms with van der Waals surface area (Å²) in [6.45, 7) is 2.78. The van der Waals surface area contributed by atoms with Crippen molar-refractivity contribution in [3.8, 4) is 17.1 Å². The second kappa shape index (κ2) is 10.9. The Hall–Kier alpha value is -3.45. The lowest BCUT2D eigenvalue weighted by Crippen LogP contribution is -2.19. The fraction of sp³-hybridized carbons (Fsp3) is 0.375. The standard InChI is InChI=1S/C23H24F3N3O.CO2/c1-15-2-9-19(10-3-15)30-14-16-4-6-17(7-5-16)20-11-8-18(12-27-20)22-28-13-21(29-22)23(24,25)26;2-1-3/h2-3,8-13,16-17H,4-7,14H2,1H3,(H,28,29);. The zero-order valence-electron chi connectivity index (χ0n) is 18.1. The second-order valence-corrected chi connectivity index (χ2v) is 8.04. The van der Waals surface area contributed by atoms with Crippen molar-refractivity contribution in [2.24, 2.45) is 5.92 Å². The molecule has 0 radical (unpaired) electrons. The molecule has 0 aliphatic heterocycles. The van der Waals surface area contributed by atoms with Crippen LogP contribution in [-0.4, -0.2) is 27.7 Å². The summed E-state index contributed by atoms with van der Waals surface area (Å²) in [4.78, 5) is 26.9. The molecule has 6 nitrogen and oxygen atoms in total. The molecule has 0 saturated heterocycles. The van der Waals surface area contributed by atoms with Crippen molar-refractivity contribution < 1.29 is 27.5 Å². The molecule has 33 heavy (non-hydrogen) atoms. The van der Waals surface area contributed by atoms with Crippen LogP contribution in [-0.2, 0) is 15.8 Å². The lowest BCUT2D eigenvalue weighted by atomic mass is 9.80. The number of aryl methyl sites for hydroxylation is 1. The van der Waals surface area contributed by atoms with Gasteiger partial charge in [0.2, 0.25) is 0 Å². The van der Waals surface area contributed by atoms with E-state index in [1.54, 1.807) is 12.3 Å². The maximum Gasteiger partial charge on any atom is 0.432 e. The van der Waals surface area contributed by atoms with E-state index in [4.69, 9.17) is 14.3 Å². The van der Waals surface area contributed by atoms with Gasteiger partial charge < -0.3 is 9.72 Å². The number of pyridine rings is 1. The number of benzene rings is 1. The molecule has 0 amide bonds. The van der Waals surface area contributed by atoms with E-state index >= 15 is 0 Å². The summed E-state index contributed by atoms with van der Waals surface area (Å²) in [7, 11) is 0. The van der Waals surface area contributed by atoms with E-state index in [2.05, 4.69) is 21.9 Å². The highest BCUT2D eigenvalue weighted by atomic mass is 19.4. The van der Waals surface area contributed by atoms with E-state index in [1.807, 2.05) is 30.3 Å². The van der Waals surface area contributed by atoms with Crippen LogP contribution in [0.3, 0.4) is 0 Å². The minimum Gasteiger partial charge on any atom is -0.493 e. The number of aromatic nitrogens is 3. The minimum absolute atomic E-state index is 0.179. The molecule has 3 aromatic rings. The monoisotopic (exact) mass is 459 g/mol. The van der Waals surface area contributed by atoms with Gasteiger partial charge in [-0.2, -0.15) is 22.8 Å². The summed E-state index contributed by atoms with van der Waals surface area (Å²) in [5.41, 5.74) is 1.90. The summed E-state index contributed by atoms with van der Waals surface area (Å²) in [5, 5.41) is 0. The fourth-order valence-corrected chi connectivity index (χ4v) is 3.87.